The molecule has 0 spiro atoms. The summed E-state index contributed by atoms with van der Waals surface area (Å²) in [5.41, 5.74) is 4.09. The molecule has 0 unspecified atom stereocenters. The minimum atomic E-state index is 0.186. The van der Waals surface area contributed by atoms with E-state index in [-0.39, 0.29) is 6.61 Å². The Morgan fingerprint density at radius 1 is 1.17 bits per heavy atom. The summed E-state index contributed by atoms with van der Waals surface area (Å²) in [6.45, 7) is 0.186. The molecule has 2 N–H and O–H groups in total. The lowest BCUT2D eigenvalue weighted by atomic mass is 10.2. The van der Waals surface area contributed by atoms with Crippen LogP contribution in [0, 0.1) is 0 Å². The summed E-state index contributed by atoms with van der Waals surface area (Å²) in [7, 11) is 1.71. The molecule has 0 aliphatic carbocycles. The van der Waals surface area contributed by atoms with Gasteiger partial charge >= 0.3 is 0 Å². The van der Waals surface area contributed by atoms with Crippen molar-refractivity contribution < 1.29 is 4.74 Å². The van der Waals surface area contributed by atoms with Crippen LogP contribution in [-0.4, -0.2) is 18.4 Å². The molecule has 0 bridgehead atoms. The number of ether oxygens (including phenoxy) is 1. The molecule has 0 amide bonds. The van der Waals surface area contributed by atoms with Gasteiger partial charge in [-0.1, -0.05) is 46.9 Å². The molecule has 0 heterocycles. The molecule has 0 saturated heterocycles. The van der Waals surface area contributed by atoms with Gasteiger partial charge in [-0.2, -0.15) is 5.10 Å². The molecule has 0 aromatic heterocycles. The van der Waals surface area contributed by atoms with Crippen molar-refractivity contribution in [2.75, 3.05) is 7.05 Å². The molecule has 0 fully saturated rings. The van der Waals surface area contributed by atoms with Crippen LogP contribution in [0.2, 0.25) is 15.1 Å². The molecule has 0 saturated carbocycles. The van der Waals surface area contributed by atoms with E-state index in [4.69, 9.17) is 51.8 Å². The molecule has 2 aromatic rings. The van der Waals surface area contributed by atoms with Crippen molar-refractivity contribution in [3.63, 3.8) is 0 Å². The number of hydrogen-bond acceptors (Lipinski definition) is 3. The van der Waals surface area contributed by atoms with Gasteiger partial charge in [-0.05, 0) is 36.5 Å². The Balaban J connectivity index is 2.14. The van der Waals surface area contributed by atoms with Crippen molar-refractivity contribution in [3.05, 3.63) is 62.6 Å². The van der Waals surface area contributed by atoms with Crippen LogP contribution in [0.5, 0.6) is 5.75 Å². The highest BCUT2D eigenvalue weighted by molar-refractivity contribution is 7.80. The maximum atomic E-state index is 6.18. The highest BCUT2D eigenvalue weighted by Crippen LogP contribution is 2.32. The van der Waals surface area contributed by atoms with Gasteiger partial charge in [0.05, 0.1) is 16.3 Å². The minimum absolute atomic E-state index is 0.186. The number of halogens is 3. The van der Waals surface area contributed by atoms with Gasteiger partial charge in [0.15, 0.2) is 5.11 Å². The van der Waals surface area contributed by atoms with E-state index in [2.05, 4.69) is 15.8 Å². The summed E-state index contributed by atoms with van der Waals surface area (Å²) >= 11 is 23.3. The monoisotopic (exact) mass is 401 g/mol. The van der Waals surface area contributed by atoms with E-state index in [0.29, 0.717) is 31.5 Å². The van der Waals surface area contributed by atoms with Gasteiger partial charge < -0.3 is 10.1 Å². The highest BCUT2D eigenvalue weighted by Gasteiger charge is 2.11. The third-order valence-electron chi connectivity index (χ3n) is 3.03. The lowest BCUT2D eigenvalue weighted by molar-refractivity contribution is 0.306. The van der Waals surface area contributed by atoms with Gasteiger partial charge in [0.25, 0.3) is 0 Å². The molecule has 0 aliphatic rings. The van der Waals surface area contributed by atoms with Gasteiger partial charge in [0.1, 0.15) is 12.4 Å². The lowest BCUT2D eigenvalue weighted by Crippen LogP contribution is -2.28. The number of nitrogens with one attached hydrogen (secondary N) is 2. The third kappa shape index (κ3) is 4.98. The van der Waals surface area contributed by atoms with Crippen molar-refractivity contribution in [1.29, 1.82) is 0 Å². The van der Waals surface area contributed by atoms with Gasteiger partial charge in [-0.15, -0.1) is 0 Å². The predicted octanol–water partition coefficient (Wildman–Crippen LogP) is 4.65. The average Bonchev–Trinajstić information content (AvgIpc) is 2.59. The molecule has 2 rings (SSSR count). The molecular formula is C16H14Cl3N3OS. The van der Waals surface area contributed by atoms with E-state index in [1.54, 1.807) is 25.4 Å². The fourth-order valence-electron chi connectivity index (χ4n) is 1.79. The summed E-state index contributed by atoms with van der Waals surface area (Å²) in [5, 5.41) is 8.54. The second-order valence-corrected chi connectivity index (χ2v) is 6.20. The van der Waals surface area contributed by atoms with Crippen molar-refractivity contribution in [2.45, 2.75) is 6.61 Å². The van der Waals surface area contributed by atoms with Gasteiger partial charge in [-0.25, -0.2) is 0 Å². The highest BCUT2D eigenvalue weighted by atomic mass is 35.5. The van der Waals surface area contributed by atoms with Crippen molar-refractivity contribution in [1.82, 2.24) is 10.7 Å². The van der Waals surface area contributed by atoms with Crippen LogP contribution in [0.1, 0.15) is 11.1 Å². The summed E-state index contributed by atoms with van der Waals surface area (Å²) < 4.78 is 5.83. The second kappa shape index (κ2) is 9.08. The van der Waals surface area contributed by atoms with Gasteiger partial charge in [0.2, 0.25) is 0 Å². The first-order valence-corrected chi connectivity index (χ1v) is 8.42. The van der Waals surface area contributed by atoms with Crippen LogP contribution < -0.4 is 15.5 Å². The molecule has 0 aliphatic heterocycles. The van der Waals surface area contributed by atoms with Crippen LogP contribution in [0.3, 0.4) is 0 Å². The normalized spacial score (nSPS) is 10.7. The van der Waals surface area contributed by atoms with E-state index in [9.17, 15) is 0 Å². The SMILES string of the molecule is CNC(=S)NN=Cc1ccccc1OCc1c(Cl)ccc(Cl)c1Cl. The van der Waals surface area contributed by atoms with Crippen LogP contribution in [0.4, 0.5) is 0 Å². The van der Waals surface area contributed by atoms with Gasteiger partial charge in [0, 0.05) is 23.2 Å². The zero-order valence-corrected chi connectivity index (χ0v) is 15.7. The Labute approximate surface area is 160 Å². The number of para-hydroxylation sites is 1. The standard InChI is InChI=1S/C16H14Cl3N3OS/c1-20-16(24)22-21-8-10-4-2-3-5-14(10)23-9-11-12(17)6-7-13(18)15(11)19/h2-8H,9H2,1H3,(H2,20,22,24). The maximum absolute atomic E-state index is 6.18. The largest absolute Gasteiger partial charge is 0.488 e. The molecule has 0 radical (unpaired) electrons. The second-order valence-electron chi connectivity index (χ2n) is 4.60. The van der Waals surface area contributed by atoms with Crippen LogP contribution in [-0.2, 0) is 6.61 Å². The van der Waals surface area contributed by atoms with Crippen LogP contribution >= 0.6 is 47.0 Å². The Kier molecular flexibility index (Phi) is 7.12. The Morgan fingerprint density at radius 2 is 1.88 bits per heavy atom. The number of thiocarbonyl (C=S) groups is 1. The molecule has 0 atom stereocenters. The first kappa shape index (κ1) is 18.8. The maximum Gasteiger partial charge on any atom is 0.186 e. The smallest absolute Gasteiger partial charge is 0.186 e. The van der Waals surface area contributed by atoms with E-state index in [1.807, 2.05) is 24.3 Å². The molecule has 126 valence electrons. The van der Waals surface area contributed by atoms with Gasteiger partial charge in [-0.3, -0.25) is 5.43 Å². The van der Waals surface area contributed by atoms with E-state index in [0.717, 1.165) is 5.56 Å². The van der Waals surface area contributed by atoms with E-state index in [1.165, 1.54) is 0 Å². The Morgan fingerprint density at radius 3 is 2.62 bits per heavy atom. The average molecular weight is 403 g/mol. The zero-order valence-electron chi connectivity index (χ0n) is 12.6. The summed E-state index contributed by atoms with van der Waals surface area (Å²) in [4.78, 5) is 0. The lowest BCUT2D eigenvalue weighted by Gasteiger charge is -2.12. The Bertz CT molecular complexity index is 768. The number of benzene rings is 2. The first-order valence-electron chi connectivity index (χ1n) is 6.88. The van der Waals surface area contributed by atoms with Crippen LogP contribution in [0.25, 0.3) is 0 Å². The number of nitrogens with zero attached hydrogens (tertiary/aromatic N) is 1. The quantitative estimate of drug-likeness (QED) is 0.331. The molecule has 4 nitrogen and oxygen atoms in total. The molecule has 8 heteroatoms. The van der Waals surface area contributed by atoms with E-state index < -0.39 is 0 Å². The molecule has 2 aromatic carbocycles. The number of hydrogen-bond donors (Lipinski definition) is 2. The Hall–Kier alpha value is -1.53. The third-order valence-corrected chi connectivity index (χ3v) is 4.52. The molecular weight excluding hydrogens is 389 g/mol. The van der Waals surface area contributed by atoms with Crippen LogP contribution in [0.15, 0.2) is 41.5 Å². The summed E-state index contributed by atoms with van der Waals surface area (Å²) in [6, 6.07) is 10.8. The topological polar surface area (TPSA) is 45.7 Å². The summed E-state index contributed by atoms with van der Waals surface area (Å²) in [5.74, 6) is 0.630. The van der Waals surface area contributed by atoms with E-state index >= 15 is 0 Å². The minimum Gasteiger partial charge on any atom is -0.488 e. The van der Waals surface area contributed by atoms with Crippen molar-refractivity contribution in [2.24, 2.45) is 5.10 Å². The first-order chi connectivity index (χ1) is 11.5. The molecule has 24 heavy (non-hydrogen) atoms. The zero-order chi connectivity index (χ0) is 17.5. The number of hydrazone groups is 1. The fraction of sp³-hybridized carbons (Fsp3) is 0.125. The van der Waals surface area contributed by atoms with Crippen molar-refractivity contribution in [3.8, 4) is 5.75 Å². The van der Waals surface area contributed by atoms with Crippen molar-refractivity contribution >= 4 is 58.3 Å². The number of rotatable bonds is 5. The summed E-state index contributed by atoms with van der Waals surface area (Å²) in [6.07, 6.45) is 1.61. The predicted molar refractivity (Wildman–Crippen MR) is 105 cm³/mol. The fourth-order valence-corrected chi connectivity index (χ4v) is 2.50.